The molecule has 3 rings (SSSR count). The molecule has 0 N–H and O–H groups in total. The summed E-state index contributed by atoms with van der Waals surface area (Å²) >= 11 is 7.38. The number of thiazole rings is 1. The van der Waals surface area contributed by atoms with Gasteiger partial charge in [0.05, 0.1) is 16.6 Å². The molecular weight excluding hydrogens is 374 g/mol. The third-order valence-electron chi connectivity index (χ3n) is 3.55. The number of aromatic nitrogens is 1. The van der Waals surface area contributed by atoms with Gasteiger partial charge in [0.2, 0.25) is 0 Å². The number of hydrogen-bond acceptors (Lipinski definition) is 6. The van der Waals surface area contributed by atoms with Gasteiger partial charge in [-0.05, 0) is 56.3 Å². The molecule has 1 unspecified atom stereocenters. The van der Waals surface area contributed by atoms with Crippen LogP contribution in [0.2, 0.25) is 5.02 Å². The number of fused-ring (bicyclic) bond motifs is 1. The summed E-state index contributed by atoms with van der Waals surface area (Å²) in [4.78, 5) is 27.2. The van der Waals surface area contributed by atoms with Crippen LogP contribution >= 0.6 is 22.9 Å². The average molecular weight is 390 g/mol. The zero-order valence-corrected chi connectivity index (χ0v) is 15.8. The van der Waals surface area contributed by atoms with Gasteiger partial charge in [-0.3, -0.25) is 9.59 Å². The van der Waals surface area contributed by atoms with E-state index >= 15 is 0 Å². The number of Topliss-reactive ketones (excluding diaryl/α,β-unsaturated/α-hetero) is 2. The van der Waals surface area contributed by atoms with Gasteiger partial charge in [-0.2, -0.15) is 0 Å². The Bertz CT molecular complexity index is 952. The van der Waals surface area contributed by atoms with E-state index in [4.69, 9.17) is 21.1 Å². The zero-order chi connectivity index (χ0) is 18.7. The number of carbonyl (C=O) groups is 2. The average Bonchev–Trinajstić information content (AvgIpc) is 2.97. The molecule has 0 aliphatic rings. The van der Waals surface area contributed by atoms with Crippen LogP contribution in [0.5, 0.6) is 16.7 Å². The number of carbonyl (C=O) groups excluding carboxylic acids is 2. The third-order valence-corrected chi connectivity index (χ3v) is 4.68. The number of nitrogens with zero attached hydrogens (tertiary/aromatic N) is 1. The van der Waals surface area contributed by atoms with Crippen molar-refractivity contribution in [2.24, 2.45) is 0 Å². The first-order valence-electron chi connectivity index (χ1n) is 7.93. The number of benzene rings is 2. The van der Waals surface area contributed by atoms with Crippen molar-refractivity contribution in [2.75, 3.05) is 0 Å². The molecule has 0 amide bonds. The van der Waals surface area contributed by atoms with Gasteiger partial charge >= 0.3 is 0 Å². The molecule has 0 aliphatic heterocycles. The minimum absolute atomic E-state index is 0.121. The molecule has 0 aliphatic carbocycles. The minimum atomic E-state index is -0.681. The minimum Gasteiger partial charge on any atom is -0.483 e. The monoisotopic (exact) mass is 389 g/mol. The number of ether oxygens (including phenoxy) is 2. The lowest BCUT2D eigenvalue weighted by Crippen LogP contribution is -2.25. The van der Waals surface area contributed by atoms with Gasteiger partial charge in [0.15, 0.2) is 11.9 Å². The summed E-state index contributed by atoms with van der Waals surface area (Å²) in [5.74, 6) is 0.709. The molecule has 0 saturated carbocycles. The number of halogens is 1. The molecule has 0 saturated heterocycles. The predicted octanol–water partition coefficient (Wildman–Crippen LogP) is 5.06. The van der Waals surface area contributed by atoms with Crippen LogP contribution < -0.4 is 9.47 Å². The Balaban J connectivity index is 1.65. The number of ketones is 2. The SMILES string of the molecule is CC(=O)CC(=O)C(C)Oc1ccc(Oc2nc3ccc(Cl)cc3s2)cc1. The molecule has 0 spiro atoms. The van der Waals surface area contributed by atoms with Crippen molar-refractivity contribution in [1.29, 1.82) is 0 Å². The third kappa shape index (κ3) is 4.59. The Kier molecular flexibility index (Phi) is 5.54. The summed E-state index contributed by atoms with van der Waals surface area (Å²) in [7, 11) is 0. The van der Waals surface area contributed by atoms with E-state index in [0.29, 0.717) is 21.7 Å². The highest BCUT2D eigenvalue weighted by molar-refractivity contribution is 7.20. The molecule has 1 heterocycles. The topological polar surface area (TPSA) is 65.5 Å². The first-order valence-corrected chi connectivity index (χ1v) is 9.13. The van der Waals surface area contributed by atoms with Crippen LogP contribution in [0.15, 0.2) is 42.5 Å². The summed E-state index contributed by atoms with van der Waals surface area (Å²) in [6, 6.07) is 12.4. The summed E-state index contributed by atoms with van der Waals surface area (Å²) in [5.41, 5.74) is 0.826. The maximum Gasteiger partial charge on any atom is 0.279 e. The van der Waals surface area contributed by atoms with E-state index in [2.05, 4.69) is 4.98 Å². The van der Waals surface area contributed by atoms with Crippen molar-refractivity contribution < 1.29 is 19.1 Å². The Hall–Kier alpha value is -2.44. The van der Waals surface area contributed by atoms with Crippen molar-refractivity contribution in [3.63, 3.8) is 0 Å². The molecule has 0 bridgehead atoms. The van der Waals surface area contributed by atoms with E-state index in [1.54, 1.807) is 37.3 Å². The van der Waals surface area contributed by atoms with Gasteiger partial charge < -0.3 is 9.47 Å². The molecule has 0 radical (unpaired) electrons. The molecule has 1 atom stereocenters. The second kappa shape index (κ2) is 7.85. The second-order valence-corrected chi connectivity index (χ2v) is 7.20. The molecule has 5 nitrogen and oxygen atoms in total. The van der Waals surface area contributed by atoms with Gasteiger partial charge in [-0.1, -0.05) is 22.9 Å². The van der Waals surface area contributed by atoms with E-state index in [-0.39, 0.29) is 18.0 Å². The van der Waals surface area contributed by atoms with E-state index < -0.39 is 6.10 Å². The Morgan fingerprint density at radius 2 is 1.85 bits per heavy atom. The van der Waals surface area contributed by atoms with Crippen LogP contribution in [0, 0.1) is 0 Å². The van der Waals surface area contributed by atoms with Crippen LogP contribution in [0.1, 0.15) is 20.3 Å². The van der Waals surface area contributed by atoms with Crippen molar-refractivity contribution >= 4 is 44.7 Å². The summed E-state index contributed by atoms with van der Waals surface area (Å²) < 4.78 is 12.3. The summed E-state index contributed by atoms with van der Waals surface area (Å²) in [5, 5.41) is 1.17. The van der Waals surface area contributed by atoms with Crippen molar-refractivity contribution in [1.82, 2.24) is 4.98 Å². The Morgan fingerprint density at radius 1 is 1.15 bits per heavy atom. The zero-order valence-electron chi connectivity index (χ0n) is 14.2. The quantitative estimate of drug-likeness (QED) is 0.528. The van der Waals surface area contributed by atoms with Gasteiger partial charge in [0, 0.05) is 5.02 Å². The Morgan fingerprint density at radius 3 is 2.54 bits per heavy atom. The summed E-state index contributed by atoms with van der Waals surface area (Å²) in [6.07, 6.45) is -0.802. The normalized spacial score (nSPS) is 12.0. The number of rotatable bonds is 7. The van der Waals surface area contributed by atoms with Crippen LogP contribution in [0.25, 0.3) is 10.2 Å². The van der Waals surface area contributed by atoms with E-state index in [9.17, 15) is 9.59 Å². The van der Waals surface area contributed by atoms with Crippen molar-refractivity contribution in [2.45, 2.75) is 26.4 Å². The molecule has 0 fully saturated rings. The smallest absolute Gasteiger partial charge is 0.279 e. The molecule has 134 valence electrons. The largest absolute Gasteiger partial charge is 0.483 e. The van der Waals surface area contributed by atoms with Crippen LogP contribution in [0.3, 0.4) is 0 Å². The first-order chi connectivity index (χ1) is 12.4. The molecule has 3 aromatic rings. The fourth-order valence-electron chi connectivity index (χ4n) is 2.27. The van der Waals surface area contributed by atoms with Crippen molar-refractivity contribution in [3.05, 3.63) is 47.5 Å². The lowest BCUT2D eigenvalue weighted by Gasteiger charge is -2.13. The highest BCUT2D eigenvalue weighted by atomic mass is 35.5. The van der Waals surface area contributed by atoms with E-state index in [1.165, 1.54) is 18.3 Å². The maximum absolute atomic E-state index is 11.8. The molecule has 2 aromatic carbocycles. The van der Waals surface area contributed by atoms with Crippen LogP contribution in [-0.2, 0) is 9.59 Å². The molecule has 1 aromatic heterocycles. The lowest BCUT2D eigenvalue weighted by atomic mass is 10.1. The maximum atomic E-state index is 11.8. The van der Waals surface area contributed by atoms with Gasteiger partial charge in [-0.25, -0.2) is 4.98 Å². The predicted molar refractivity (Wildman–Crippen MR) is 102 cm³/mol. The van der Waals surface area contributed by atoms with Gasteiger partial charge in [-0.15, -0.1) is 0 Å². The second-order valence-electron chi connectivity index (χ2n) is 5.77. The van der Waals surface area contributed by atoms with E-state index in [0.717, 1.165) is 10.2 Å². The highest BCUT2D eigenvalue weighted by Gasteiger charge is 2.16. The molecule has 26 heavy (non-hydrogen) atoms. The summed E-state index contributed by atoms with van der Waals surface area (Å²) in [6.45, 7) is 3.01. The number of hydrogen-bond donors (Lipinski definition) is 0. The molecular formula is C19H16ClNO4S. The van der Waals surface area contributed by atoms with Crippen LogP contribution in [0.4, 0.5) is 0 Å². The fourth-order valence-corrected chi connectivity index (χ4v) is 3.38. The highest BCUT2D eigenvalue weighted by Crippen LogP contribution is 2.33. The van der Waals surface area contributed by atoms with Crippen molar-refractivity contribution in [3.8, 4) is 16.7 Å². The fraction of sp³-hybridized carbons (Fsp3) is 0.211. The van der Waals surface area contributed by atoms with E-state index in [1.807, 2.05) is 12.1 Å². The van der Waals surface area contributed by atoms with Gasteiger partial charge in [0.1, 0.15) is 17.3 Å². The molecule has 7 heteroatoms. The standard InChI is InChI=1S/C19H16ClNO4S/c1-11(22)9-17(23)12(2)24-14-4-6-15(7-5-14)25-19-21-16-8-3-13(20)10-18(16)26-19/h3-8,10,12H,9H2,1-2H3. The first kappa shape index (κ1) is 18.4. The Labute approximate surface area is 159 Å². The van der Waals surface area contributed by atoms with Gasteiger partial charge in [0.25, 0.3) is 5.19 Å². The van der Waals surface area contributed by atoms with Crippen LogP contribution in [-0.4, -0.2) is 22.7 Å². The lowest BCUT2D eigenvalue weighted by molar-refractivity contribution is -0.130.